The Morgan fingerprint density at radius 1 is 1.14 bits per heavy atom. The molecule has 0 aliphatic heterocycles. The highest BCUT2D eigenvalue weighted by Gasteiger charge is 2.05. The lowest BCUT2D eigenvalue weighted by Gasteiger charge is -2.06. The average Bonchev–Trinajstić information content (AvgIpc) is 2.48. The molecule has 0 unspecified atom stereocenters. The molecule has 0 atom stereocenters. The molecule has 3 N–H and O–H groups in total. The number of urea groups is 1. The summed E-state index contributed by atoms with van der Waals surface area (Å²) in [6.45, 7) is 0.377. The number of carbonyl (C=O) groups is 2. The van der Waals surface area contributed by atoms with Crippen LogP contribution in [0.25, 0.3) is 0 Å². The summed E-state index contributed by atoms with van der Waals surface area (Å²) in [4.78, 5) is 30.2. The summed E-state index contributed by atoms with van der Waals surface area (Å²) < 4.78 is 0. The number of nitrogens with zero attached hydrogens (tertiary/aromatic N) is 2. The number of aromatic carboxylic acids is 1. The molecule has 0 spiro atoms. The lowest BCUT2D eigenvalue weighted by atomic mass is 10.1. The highest BCUT2D eigenvalue weighted by molar-refractivity contribution is 5.88. The molecule has 2 rings (SSSR count). The van der Waals surface area contributed by atoms with Crippen molar-refractivity contribution >= 4 is 17.9 Å². The van der Waals surface area contributed by atoms with Crippen molar-refractivity contribution in [1.82, 2.24) is 15.3 Å². The van der Waals surface area contributed by atoms with Crippen LogP contribution in [0.5, 0.6) is 0 Å². The fraction of sp³-hybridized carbons (Fsp3) is 0.143. The predicted octanol–water partition coefficient (Wildman–Crippen LogP) is 1.54. The summed E-state index contributed by atoms with van der Waals surface area (Å²) >= 11 is 0. The maximum atomic E-state index is 11.6. The Labute approximate surface area is 121 Å². The third kappa shape index (κ3) is 4.57. The van der Waals surface area contributed by atoms with Gasteiger partial charge in [-0.3, -0.25) is 5.32 Å². The molecule has 0 saturated carbocycles. The zero-order valence-corrected chi connectivity index (χ0v) is 11.1. The van der Waals surface area contributed by atoms with E-state index in [-0.39, 0.29) is 11.5 Å². The van der Waals surface area contributed by atoms with Crippen LogP contribution in [-0.2, 0) is 6.42 Å². The second-order valence-electron chi connectivity index (χ2n) is 4.21. The van der Waals surface area contributed by atoms with Gasteiger partial charge < -0.3 is 10.4 Å². The molecule has 7 heteroatoms. The maximum Gasteiger partial charge on any atom is 0.335 e. The van der Waals surface area contributed by atoms with E-state index in [0.29, 0.717) is 13.0 Å². The van der Waals surface area contributed by atoms with E-state index in [1.165, 1.54) is 18.5 Å². The molecular formula is C14H14N4O3. The molecule has 0 saturated heterocycles. The number of hydrogen-bond donors (Lipinski definition) is 3. The monoisotopic (exact) mass is 286 g/mol. The maximum absolute atomic E-state index is 11.6. The van der Waals surface area contributed by atoms with Gasteiger partial charge in [0.15, 0.2) is 0 Å². The van der Waals surface area contributed by atoms with E-state index in [1.54, 1.807) is 18.2 Å². The Hall–Kier alpha value is -2.96. The van der Waals surface area contributed by atoms with Gasteiger partial charge in [0.05, 0.1) is 5.56 Å². The van der Waals surface area contributed by atoms with E-state index < -0.39 is 12.0 Å². The Morgan fingerprint density at radius 2 is 1.90 bits per heavy atom. The van der Waals surface area contributed by atoms with Gasteiger partial charge >= 0.3 is 12.0 Å². The first kappa shape index (κ1) is 14.4. The van der Waals surface area contributed by atoms with Crippen LogP contribution in [0.2, 0.25) is 0 Å². The molecule has 2 amide bonds. The zero-order valence-electron chi connectivity index (χ0n) is 11.1. The van der Waals surface area contributed by atoms with Crippen molar-refractivity contribution in [2.75, 3.05) is 11.9 Å². The summed E-state index contributed by atoms with van der Waals surface area (Å²) in [5.74, 6) is -0.744. The van der Waals surface area contributed by atoms with Crippen LogP contribution in [0.1, 0.15) is 15.9 Å². The van der Waals surface area contributed by atoms with E-state index in [4.69, 9.17) is 5.11 Å². The van der Waals surface area contributed by atoms with Crippen LogP contribution < -0.4 is 10.6 Å². The van der Waals surface area contributed by atoms with E-state index in [0.717, 1.165) is 5.56 Å². The van der Waals surface area contributed by atoms with Gasteiger partial charge in [0.1, 0.15) is 0 Å². The first-order valence-electron chi connectivity index (χ1n) is 6.29. The highest BCUT2D eigenvalue weighted by Crippen LogP contribution is 2.05. The van der Waals surface area contributed by atoms with Gasteiger partial charge in [-0.05, 0) is 30.2 Å². The van der Waals surface area contributed by atoms with Gasteiger partial charge in [-0.25, -0.2) is 19.6 Å². The molecule has 21 heavy (non-hydrogen) atoms. The summed E-state index contributed by atoms with van der Waals surface area (Å²) in [6, 6.07) is 7.85. The molecule has 0 fully saturated rings. The molecule has 1 heterocycles. The van der Waals surface area contributed by atoms with Crippen molar-refractivity contribution in [3.05, 3.63) is 53.9 Å². The van der Waals surface area contributed by atoms with Gasteiger partial charge in [-0.15, -0.1) is 0 Å². The summed E-state index contributed by atoms with van der Waals surface area (Å²) in [7, 11) is 0. The fourth-order valence-electron chi connectivity index (χ4n) is 1.69. The Balaban J connectivity index is 1.80. The topological polar surface area (TPSA) is 104 Å². The van der Waals surface area contributed by atoms with E-state index in [1.807, 2.05) is 6.07 Å². The third-order valence-corrected chi connectivity index (χ3v) is 2.66. The molecule has 0 aliphatic carbocycles. The number of hydrogen-bond acceptors (Lipinski definition) is 4. The van der Waals surface area contributed by atoms with Gasteiger partial charge in [0, 0.05) is 18.9 Å². The number of rotatable bonds is 5. The largest absolute Gasteiger partial charge is 0.478 e. The molecule has 0 radical (unpaired) electrons. The number of carboxylic acids is 1. The quantitative estimate of drug-likeness (QED) is 0.773. The Morgan fingerprint density at radius 3 is 2.62 bits per heavy atom. The summed E-state index contributed by atoms with van der Waals surface area (Å²) in [6.07, 6.45) is 3.59. The van der Waals surface area contributed by atoms with Crippen LogP contribution in [0, 0.1) is 0 Å². The number of carbonyl (C=O) groups excluding carboxylic acids is 1. The van der Waals surface area contributed by atoms with Crippen molar-refractivity contribution in [2.45, 2.75) is 6.42 Å². The highest BCUT2D eigenvalue weighted by atomic mass is 16.4. The Kier molecular flexibility index (Phi) is 4.81. The molecule has 108 valence electrons. The number of amides is 2. The minimum Gasteiger partial charge on any atom is -0.478 e. The van der Waals surface area contributed by atoms with E-state index >= 15 is 0 Å². The second-order valence-corrected chi connectivity index (χ2v) is 4.21. The third-order valence-electron chi connectivity index (χ3n) is 2.66. The van der Waals surface area contributed by atoms with E-state index in [9.17, 15) is 9.59 Å². The van der Waals surface area contributed by atoms with Crippen molar-refractivity contribution in [1.29, 1.82) is 0 Å². The number of benzene rings is 1. The summed E-state index contributed by atoms with van der Waals surface area (Å²) in [5.41, 5.74) is 1.07. The van der Waals surface area contributed by atoms with Crippen molar-refractivity contribution < 1.29 is 14.7 Å². The lowest BCUT2D eigenvalue weighted by Crippen LogP contribution is -2.31. The van der Waals surface area contributed by atoms with Crippen LogP contribution in [0.15, 0.2) is 42.7 Å². The number of nitrogens with one attached hydrogen (secondary N) is 2. The normalized spacial score (nSPS) is 9.90. The number of anilines is 1. The molecule has 0 bridgehead atoms. The Bertz CT molecular complexity index is 631. The van der Waals surface area contributed by atoms with Gasteiger partial charge in [0.25, 0.3) is 0 Å². The van der Waals surface area contributed by atoms with E-state index in [2.05, 4.69) is 20.6 Å². The average molecular weight is 286 g/mol. The first-order valence-corrected chi connectivity index (χ1v) is 6.29. The van der Waals surface area contributed by atoms with Crippen molar-refractivity contribution in [3.8, 4) is 0 Å². The van der Waals surface area contributed by atoms with Crippen LogP contribution in [-0.4, -0.2) is 33.6 Å². The van der Waals surface area contributed by atoms with Gasteiger partial charge in [0.2, 0.25) is 5.95 Å². The van der Waals surface area contributed by atoms with Crippen LogP contribution in [0.3, 0.4) is 0 Å². The molecule has 1 aromatic heterocycles. The molecule has 2 aromatic rings. The van der Waals surface area contributed by atoms with Crippen molar-refractivity contribution in [2.24, 2.45) is 0 Å². The molecule has 1 aromatic carbocycles. The first-order chi connectivity index (χ1) is 10.1. The van der Waals surface area contributed by atoms with Gasteiger partial charge in [-0.1, -0.05) is 12.1 Å². The smallest absolute Gasteiger partial charge is 0.335 e. The van der Waals surface area contributed by atoms with Gasteiger partial charge in [-0.2, -0.15) is 0 Å². The lowest BCUT2D eigenvalue weighted by molar-refractivity contribution is 0.0696. The number of carboxylic acid groups (broad SMARTS) is 1. The minimum absolute atomic E-state index is 0.225. The predicted molar refractivity (Wildman–Crippen MR) is 76.2 cm³/mol. The molecule has 7 nitrogen and oxygen atoms in total. The minimum atomic E-state index is -0.969. The fourth-order valence-corrected chi connectivity index (χ4v) is 1.69. The molecule has 0 aliphatic rings. The number of aromatic nitrogens is 2. The SMILES string of the molecule is O=C(NCCc1cccc(C(=O)O)c1)Nc1ncccn1. The van der Waals surface area contributed by atoms with Crippen molar-refractivity contribution in [3.63, 3.8) is 0 Å². The second kappa shape index (κ2) is 6.99. The summed E-state index contributed by atoms with van der Waals surface area (Å²) in [5, 5.41) is 14.0. The molecular weight excluding hydrogens is 272 g/mol. The van der Waals surface area contributed by atoms with Crippen LogP contribution in [0.4, 0.5) is 10.7 Å². The zero-order chi connectivity index (χ0) is 15.1. The standard InChI is InChI=1S/C14H14N4O3/c19-12(20)11-4-1-3-10(9-11)5-8-17-14(21)18-13-15-6-2-7-16-13/h1-4,6-7,9H,5,8H2,(H,19,20)(H2,15,16,17,18,21). The van der Waals surface area contributed by atoms with Crippen LogP contribution >= 0.6 is 0 Å².